The van der Waals surface area contributed by atoms with E-state index < -0.39 is 17.7 Å². The number of H-pyrrole nitrogens is 1. The zero-order valence-electron chi connectivity index (χ0n) is 16.7. The maximum Gasteiger partial charge on any atom is 0.408 e. The van der Waals surface area contributed by atoms with Gasteiger partial charge in [-0.15, -0.1) is 0 Å². The number of nitrogens with zero attached hydrogens (tertiary/aromatic N) is 4. The highest BCUT2D eigenvalue weighted by Crippen LogP contribution is 2.31. The molecule has 2 heterocycles. The standard InChI is InChI=1S/C20H25N5O3/c1-6-15(25(19(27)28)20(3,4)5)17-23-16-12(2)8-7-9-14(16)18(26)24(17)13-10-21-22-11-13/h7-11,15H,6H2,1-5H3,(H,21,22)(H,27,28). The van der Waals surface area contributed by atoms with Gasteiger partial charge in [-0.05, 0) is 45.7 Å². The molecule has 0 saturated heterocycles. The van der Waals surface area contributed by atoms with E-state index in [-0.39, 0.29) is 5.56 Å². The highest BCUT2D eigenvalue weighted by atomic mass is 16.4. The summed E-state index contributed by atoms with van der Waals surface area (Å²) in [6, 6.07) is 4.83. The van der Waals surface area contributed by atoms with Crippen LogP contribution in [0.5, 0.6) is 0 Å². The number of aromatic nitrogens is 4. The van der Waals surface area contributed by atoms with E-state index in [1.54, 1.807) is 12.3 Å². The minimum Gasteiger partial charge on any atom is -0.465 e. The molecule has 1 amide bonds. The molecular weight excluding hydrogens is 358 g/mol. The maximum atomic E-state index is 13.4. The SMILES string of the molecule is CCC(c1nc2c(C)cccc2c(=O)n1-c1cn[nH]c1)N(C(=O)O)C(C)(C)C. The van der Waals surface area contributed by atoms with Crippen molar-refractivity contribution in [1.82, 2.24) is 24.6 Å². The molecule has 1 aromatic carbocycles. The van der Waals surface area contributed by atoms with Crippen LogP contribution in [0, 0.1) is 6.92 Å². The summed E-state index contributed by atoms with van der Waals surface area (Å²) in [5, 5.41) is 17.1. The topological polar surface area (TPSA) is 104 Å². The Labute approximate surface area is 162 Å². The van der Waals surface area contributed by atoms with E-state index in [9.17, 15) is 14.7 Å². The summed E-state index contributed by atoms with van der Waals surface area (Å²) in [7, 11) is 0. The van der Waals surface area contributed by atoms with Crippen molar-refractivity contribution < 1.29 is 9.90 Å². The van der Waals surface area contributed by atoms with Gasteiger partial charge >= 0.3 is 6.09 Å². The van der Waals surface area contributed by atoms with E-state index in [0.29, 0.717) is 28.8 Å². The van der Waals surface area contributed by atoms with E-state index in [1.807, 2.05) is 46.8 Å². The van der Waals surface area contributed by atoms with Gasteiger partial charge in [0.05, 0.1) is 28.8 Å². The van der Waals surface area contributed by atoms with Crippen LogP contribution in [0.2, 0.25) is 0 Å². The molecule has 2 N–H and O–H groups in total. The number of aromatic amines is 1. The molecule has 3 rings (SSSR count). The Hall–Kier alpha value is -3.16. The van der Waals surface area contributed by atoms with Crippen LogP contribution in [0.3, 0.4) is 0 Å². The minimum atomic E-state index is -1.06. The largest absolute Gasteiger partial charge is 0.465 e. The van der Waals surface area contributed by atoms with Crippen molar-refractivity contribution in [3.05, 3.63) is 52.3 Å². The summed E-state index contributed by atoms with van der Waals surface area (Å²) >= 11 is 0. The Morgan fingerprint density at radius 2 is 2.07 bits per heavy atom. The first-order valence-corrected chi connectivity index (χ1v) is 9.20. The lowest BCUT2D eigenvalue weighted by molar-refractivity contribution is 0.0646. The van der Waals surface area contributed by atoms with Crippen LogP contribution in [0.15, 0.2) is 35.4 Å². The quantitative estimate of drug-likeness (QED) is 0.716. The van der Waals surface area contributed by atoms with Crippen molar-refractivity contribution in [1.29, 1.82) is 0 Å². The second kappa shape index (κ2) is 7.10. The van der Waals surface area contributed by atoms with Gasteiger partial charge in [0.1, 0.15) is 5.82 Å². The second-order valence-electron chi connectivity index (χ2n) is 7.79. The zero-order chi connectivity index (χ0) is 20.6. The van der Waals surface area contributed by atoms with Gasteiger partial charge in [-0.2, -0.15) is 5.10 Å². The van der Waals surface area contributed by atoms with Crippen LogP contribution in [-0.4, -0.2) is 41.4 Å². The average Bonchev–Trinajstić information content (AvgIpc) is 3.12. The van der Waals surface area contributed by atoms with Crippen LogP contribution in [-0.2, 0) is 0 Å². The predicted molar refractivity (Wildman–Crippen MR) is 107 cm³/mol. The third kappa shape index (κ3) is 3.26. The van der Waals surface area contributed by atoms with E-state index in [1.165, 1.54) is 15.7 Å². The molecule has 148 valence electrons. The molecule has 0 aliphatic heterocycles. The summed E-state index contributed by atoms with van der Waals surface area (Å²) in [6.45, 7) is 9.27. The average molecular weight is 383 g/mol. The third-order valence-corrected chi connectivity index (χ3v) is 4.79. The Balaban J connectivity index is 2.41. The van der Waals surface area contributed by atoms with Gasteiger partial charge < -0.3 is 5.11 Å². The van der Waals surface area contributed by atoms with Crippen molar-refractivity contribution in [2.75, 3.05) is 0 Å². The zero-order valence-corrected chi connectivity index (χ0v) is 16.7. The minimum absolute atomic E-state index is 0.247. The molecule has 2 aromatic heterocycles. The summed E-state index contributed by atoms with van der Waals surface area (Å²) < 4.78 is 1.46. The number of benzene rings is 1. The van der Waals surface area contributed by atoms with Gasteiger partial charge in [-0.3, -0.25) is 19.4 Å². The van der Waals surface area contributed by atoms with Gasteiger partial charge in [-0.1, -0.05) is 19.1 Å². The number of carboxylic acid groups (broad SMARTS) is 1. The number of fused-ring (bicyclic) bond motifs is 1. The lowest BCUT2D eigenvalue weighted by atomic mass is 10.0. The fourth-order valence-corrected chi connectivity index (χ4v) is 3.58. The molecule has 1 unspecified atom stereocenters. The Kier molecular flexibility index (Phi) is 4.97. The summed E-state index contributed by atoms with van der Waals surface area (Å²) in [6.07, 6.45) is 2.54. The number of hydrogen-bond donors (Lipinski definition) is 2. The van der Waals surface area contributed by atoms with Gasteiger partial charge in [0.15, 0.2) is 0 Å². The molecule has 8 heteroatoms. The Morgan fingerprint density at radius 3 is 2.61 bits per heavy atom. The molecule has 0 aliphatic rings. The molecule has 28 heavy (non-hydrogen) atoms. The number of para-hydroxylation sites is 1. The lowest BCUT2D eigenvalue weighted by Crippen LogP contribution is -2.48. The fraction of sp³-hybridized carbons (Fsp3) is 0.400. The number of nitrogens with one attached hydrogen (secondary N) is 1. The number of rotatable bonds is 4. The van der Waals surface area contributed by atoms with E-state index in [2.05, 4.69) is 10.2 Å². The third-order valence-electron chi connectivity index (χ3n) is 4.79. The van der Waals surface area contributed by atoms with Crippen molar-refractivity contribution in [3.8, 4) is 5.69 Å². The number of hydrogen-bond acceptors (Lipinski definition) is 4. The van der Waals surface area contributed by atoms with Crippen LogP contribution in [0.25, 0.3) is 16.6 Å². The summed E-state index contributed by atoms with van der Waals surface area (Å²) in [5.74, 6) is 0.382. The molecule has 0 radical (unpaired) electrons. The highest BCUT2D eigenvalue weighted by Gasteiger charge is 2.36. The lowest BCUT2D eigenvalue weighted by Gasteiger charge is -2.39. The van der Waals surface area contributed by atoms with Crippen molar-refractivity contribution in [2.24, 2.45) is 0 Å². The van der Waals surface area contributed by atoms with Gasteiger partial charge in [-0.25, -0.2) is 9.78 Å². The van der Waals surface area contributed by atoms with Crippen molar-refractivity contribution in [2.45, 2.75) is 52.6 Å². The molecule has 0 spiro atoms. The Morgan fingerprint density at radius 1 is 1.36 bits per heavy atom. The first kappa shape index (κ1) is 19.6. The van der Waals surface area contributed by atoms with E-state index in [0.717, 1.165) is 5.56 Å². The van der Waals surface area contributed by atoms with Crippen molar-refractivity contribution >= 4 is 17.0 Å². The predicted octanol–water partition coefficient (Wildman–Crippen LogP) is 3.65. The summed E-state index contributed by atoms with van der Waals surface area (Å²) in [5.41, 5.74) is 1.05. The number of carbonyl (C=O) groups is 1. The molecule has 8 nitrogen and oxygen atoms in total. The molecule has 0 saturated carbocycles. The van der Waals surface area contributed by atoms with Crippen LogP contribution in [0.1, 0.15) is 51.5 Å². The van der Waals surface area contributed by atoms with Crippen molar-refractivity contribution in [3.63, 3.8) is 0 Å². The normalized spacial score (nSPS) is 12.9. The summed E-state index contributed by atoms with van der Waals surface area (Å²) in [4.78, 5) is 31.7. The first-order valence-electron chi connectivity index (χ1n) is 9.20. The molecule has 1 atom stereocenters. The fourth-order valence-electron chi connectivity index (χ4n) is 3.58. The van der Waals surface area contributed by atoms with Crippen LogP contribution < -0.4 is 5.56 Å². The van der Waals surface area contributed by atoms with E-state index >= 15 is 0 Å². The monoisotopic (exact) mass is 383 g/mol. The first-order chi connectivity index (χ1) is 13.2. The van der Waals surface area contributed by atoms with Gasteiger partial charge in [0, 0.05) is 11.7 Å². The van der Waals surface area contributed by atoms with Crippen LogP contribution in [0.4, 0.5) is 4.79 Å². The molecular formula is C20H25N5O3. The maximum absolute atomic E-state index is 13.4. The number of amides is 1. The second-order valence-corrected chi connectivity index (χ2v) is 7.79. The Bertz CT molecular complexity index is 1060. The van der Waals surface area contributed by atoms with Gasteiger partial charge in [0.25, 0.3) is 5.56 Å². The van der Waals surface area contributed by atoms with Gasteiger partial charge in [0.2, 0.25) is 0 Å². The number of aryl methyl sites for hydroxylation is 1. The van der Waals surface area contributed by atoms with Crippen LogP contribution >= 0.6 is 0 Å². The van der Waals surface area contributed by atoms with E-state index in [4.69, 9.17) is 4.98 Å². The smallest absolute Gasteiger partial charge is 0.408 e. The molecule has 0 bridgehead atoms. The molecule has 0 aliphatic carbocycles. The molecule has 3 aromatic rings. The molecule has 0 fully saturated rings. The highest BCUT2D eigenvalue weighted by molar-refractivity contribution is 5.81.